The zero-order valence-corrected chi connectivity index (χ0v) is 18.3. The number of nitrogens with two attached hydrogens (primary N) is 1. The standard InChI is InChI=1S/C20H21ClF3N7O2/c1-10(11-4-12(20(22,23)24)6-13(25)5-11)27-17-14-7-31(8-15(14)28-18(21)29-17)19(33)30-3-2-26-16(32)9-30/h4-6,10H,2-3,7-9,25H2,1H3,(H,26,32)(H,27,28,29)/t10-/m1/s1. The Balaban J connectivity index is 1.55. The highest BCUT2D eigenvalue weighted by Crippen LogP contribution is 2.35. The summed E-state index contributed by atoms with van der Waals surface area (Å²) in [5.41, 5.74) is 6.28. The van der Waals surface area contributed by atoms with E-state index in [1.807, 2.05) is 0 Å². The van der Waals surface area contributed by atoms with Gasteiger partial charge in [-0.2, -0.15) is 13.2 Å². The molecular formula is C20H21ClF3N7O2. The Bertz CT molecular complexity index is 1110. The quantitative estimate of drug-likeness (QED) is 0.456. The van der Waals surface area contributed by atoms with Crippen LogP contribution in [0.2, 0.25) is 5.28 Å². The van der Waals surface area contributed by atoms with E-state index >= 15 is 0 Å². The van der Waals surface area contributed by atoms with Crippen molar-refractivity contribution in [2.45, 2.75) is 32.2 Å². The number of alkyl halides is 3. The maximum absolute atomic E-state index is 13.2. The van der Waals surface area contributed by atoms with Crippen LogP contribution in [-0.4, -0.2) is 51.3 Å². The molecule has 4 N–H and O–H groups in total. The van der Waals surface area contributed by atoms with Crippen LogP contribution in [-0.2, 0) is 24.1 Å². The molecule has 1 atom stereocenters. The molecule has 0 radical (unpaired) electrons. The van der Waals surface area contributed by atoms with Gasteiger partial charge in [0.05, 0.1) is 30.4 Å². The predicted octanol–water partition coefficient (Wildman–Crippen LogP) is 2.77. The van der Waals surface area contributed by atoms with E-state index in [9.17, 15) is 22.8 Å². The zero-order valence-electron chi connectivity index (χ0n) is 17.5. The Hall–Kier alpha value is -3.28. The Morgan fingerprint density at radius 1 is 1.21 bits per heavy atom. The first-order valence-corrected chi connectivity index (χ1v) is 10.5. The molecule has 0 unspecified atom stereocenters. The summed E-state index contributed by atoms with van der Waals surface area (Å²) in [5.74, 6) is 0.0888. The Kier molecular flexibility index (Phi) is 5.95. The molecule has 4 rings (SSSR count). The van der Waals surface area contributed by atoms with Crippen molar-refractivity contribution >= 4 is 35.0 Å². The van der Waals surface area contributed by atoms with Gasteiger partial charge in [-0.05, 0) is 42.3 Å². The number of carbonyl (C=O) groups excluding carboxylic acids is 2. The molecule has 0 saturated carbocycles. The lowest BCUT2D eigenvalue weighted by molar-refractivity contribution is -0.137. The molecule has 2 aliphatic heterocycles. The van der Waals surface area contributed by atoms with Crippen molar-refractivity contribution < 1.29 is 22.8 Å². The minimum absolute atomic E-state index is 0.0123. The fourth-order valence-corrected chi connectivity index (χ4v) is 4.05. The van der Waals surface area contributed by atoms with Crippen molar-refractivity contribution in [2.24, 2.45) is 0 Å². The van der Waals surface area contributed by atoms with E-state index in [1.54, 1.807) is 6.92 Å². The molecule has 176 valence electrons. The molecule has 0 bridgehead atoms. The normalized spacial score (nSPS) is 16.9. The number of hydrogen-bond donors (Lipinski definition) is 3. The molecular weight excluding hydrogens is 463 g/mol. The van der Waals surface area contributed by atoms with Crippen LogP contribution in [0.4, 0.5) is 29.5 Å². The van der Waals surface area contributed by atoms with E-state index in [1.165, 1.54) is 15.9 Å². The number of fused-ring (bicyclic) bond motifs is 1. The summed E-state index contributed by atoms with van der Waals surface area (Å²) in [7, 11) is 0. The second kappa shape index (κ2) is 8.58. The third kappa shape index (κ3) is 4.90. The highest BCUT2D eigenvalue weighted by molar-refractivity contribution is 6.28. The van der Waals surface area contributed by atoms with Gasteiger partial charge in [-0.1, -0.05) is 0 Å². The van der Waals surface area contributed by atoms with Crippen molar-refractivity contribution in [3.63, 3.8) is 0 Å². The molecule has 1 aromatic carbocycles. The fraction of sp³-hybridized carbons (Fsp3) is 0.400. The second-order valence-electron chi connectivity index (χ2n) is 7.93. The van der Waals surface area contributed by atoms with Gasteiger partial charge in [-0.3, -0.25) is 4.79 Å². The number of rotatable bonds is 3. The monoisotopic (exact) mass is 483 g/mol. The number of nitrogens with zero attached hydrogens (tertiary/aromatic N) is 4. The van der Waals surface area contributed by atoms with Gasteiger partial charge in [-0.15, -0.1) is 0 Å². The molecule has 0 aliphatic carbocycles. The van der Waals surface area contributed by atoms with E-state index < -0.39 is 17.8 Å². The highest BCUT2D eigenvalue weighted by atomic mass is 35.5. The van der Waals surface area contributed by atoms with Crippen LogP contribution in [0.25, 0.3) is 0 Å². The highest BCUT2D eigenvalue weighted by Gasteiger charge is 2.34. The summed E-state index contributed by atoms with van der Waals surface area (Å²) >= 11 is 6.07. The third-order valence-electron chi connectivity index (χ3n) is 5.49. The maximum Gasteiger partial charge on any atom is 0.416 e. The average molecular weight is 484 g/mol. The number of carbonyl (C=O) groups is 2. The molecule has 1 aromatic heterocycles. The number of benzene rings is 1. The largest absolute Gasteiger partial charge is 0.416 e. The lowest BCUT2D eigenvalue weighted by atomic mass is 10.0. The number of hydrogen-bond acceptors (Lipinski definition) is 6. The van der Waals surface area contributed by atoms with Gasteiger partial charge in [0.25, 0.3) is 0 Å². The van der Waals surface area contributed by atoms with Crippen molar-refractivity contribution in [3.8, 4) is 0 Å². The smallest absolute Gasteiger partial charge is 0.399 e. The number of urea groups is 1. The molecule has 1 fully saturated rings. The number of nitrogen functional groups attached to an aromatic ring is 1. The van der Waals surface area contributed by atoms with Crippen molar-refractivity contribution in [1.29, 1.82) is 0 Å². The van der Waals surface area contributed by atoms with Gasteiger partial charge < -0.3 is 26.2 Å². The van der Waals surface area contributed by atoms with Gasteiger partial charge in [-0.25, -0.2) is 14.8 Å². The number of nitrogens with one attached hydrogen (secondary N) is 2. The van der Waals surface area contributed by atoms with E-state index in [2.05, 4.69) is 20.6 Å². The Morgan fingerprint density at radius 3 is 2.67 bits per heavy atom. The average Bonchev–Trinajstić information content (AvgIpc) is 3.16. The van der Waals surface area contributed by atoms with Crippen LogP contribution in [0.15, 0.2) is 18.2 Å². The van der Waals surface area contributed by atoms with Crippen molar-refractivity contribution in [2.75, 3.05) is 30.7 Å². The number of amides is 3. The molecule has 13 heteroatoms. The number of piperazine rings is 1. The summed E-state index contributed by atoms with van der Waals surface area (Å²) in [6.07, 6.45) is -4.53. The summed E-state index contributed by atoms with van der Waals surface area (Å²) in [5, 5.41) is 5.69. The van der Waals surface area contributed by atoms with Gasteiger partial charge in [0.15, 0.2) is 0 Å². The molecule has 3 amide bonds. The van der Waals surface area contributed by atoms with Crippen molar-refractivity contribution in [3.05, 3.63) is 45.9 Å². The van der Waals surface area contributed by atoms with Crippen LogP contribution in [0.5, 0.6) is 0 Å². The minimum atomic E-state index is -4.53. The van der Waals surface area contributed by atoms with E-state index in [0.29, 0.717) is 35.7 Å². The molecule has 33 heavy (non-hydrogen) atoms. The van der Waals surface area contributed by atoms with E-state index in [-0.39, 0.29) is 42.5 Å². The predicted molar refractivity (Wildman–Crippen MR) is 114 cm³/mol. The van der Waals surface area contributed by atoms with Crippen molar-refractivity contribution in [1.82, 2.24) is 25.1 Å². The van der Waals surface area contributed by atoms with E-state index in [4.69, 9.17) is 17.3 Å². The molecule has 3 heterocycles. The molecule has 0 spiro atoms. The topological polar surface area (TPSA) is 116 Å². The molecule has 2 aliphatic rings. The van der Waals surface area contributed by atoms with Gasteiger partial charge in [0.2, 0.25) is 11.2 Å². The minimum Gasteiger partial charge on any atom is -0.399 e. The molecule has 2 aromatic rings. The number of anilines is 2. The Morgan fingerprint density at radius 2 is 1.97 bits per heavy atom. The SMILES string of the molecule is C[C@@H](Nc1nc(Cl)nc2c1CN(C(=O)N1CCNC(=O)C1)C2)c1cc(N)cc(C(F)(F)F)c1. The third-order valence-corrected chi connectivity index (χ3v) is 5.66. The molecule has 9 nitrogen and oxygen atoms in total. The van der Waals surface area contributed by atoms with E-state index in [0.717, 1.165) is 12.1 Å². The summed E-state index contributed by atoms with van der Waals surface area (Å²) in [6, 6.07) is 2.44. The van der Waals surface area contributed by atoms with Crippen LogP contribution in [0, 0.1) is 0 Å². The Labute approximate surface area is 192 Å². The summed E-state index contributed by atoms with van der Waals surface area (Å²) in [6.45, 7) is 2.75. The van der Waals surface area contributed by atoms with Crippen LogP contribution in [0.3, 0.4) is 0 Å². The first kappa shape index (κ1) is 22.9. The molecule has 1 saturated heterocycles. The van der Waals surface area contributed by atoms with Crippen LogP contribution >= 0.6 is 11.6 Å². The maximum atomic E-state index is 13.2. The zero-order chi connectivity index (χ0) is 23.9. The first-order chi connectivity index (χ1) is 15.5. The number of aromatic nitrogens is 2. The first-order valence-electron chi connectivity index (χ1n) is 10.1. The number of halogens is 4. The van der Waals surface area contributed by atoms with Gasteiger partial charge in [0.1, 0.15) is 12.4 Å². The van der Waals surface area contributed by atoms with Crippen LogP contribution < -0.4 is 16.4 Å². The lowest BCUT2D eigenvalue weighted by Gasteiger charge is -2.30. The van der Waals surface area contributed by atoms with Gasteiger partial charge >= 0.3 is 12.2 Å². The van der Waals surface area contributed by atoms with Gasteiger partial charge in [0, 0.05) is 24.3 Å². The summed E-state index contributed by atoms with van der Waals surface area (Å²) < 4.78 is 39.6. The lowest BCUT2D eigenvalue weighted by Crippen LogP contribution is -2.53. The fourth-order valence-electron chi connectivity index (χ4n) is 3.86. The second-order valence-corrected chi connectivity index (χ2v) is 8.27. The summed E-state index contributed by atoms with van der Waals surface area (Å²) in [4.78, 5) is 35.9. The van der Waals surface area contributed by atoms with Crippen LogP contribution in [0.1, 0.15) is 35.3 Å².